The number of rotatable bonds is 42. The van der Waals surface area contributed by atoms with Crippen molar-refractivity contribution in [1.29, 1.82) is 0 Å². The summed E-state index contributed by atoms with van der Waals surface area (Å²) < 4.78 is 0. The largest absolute Gasteiger partial charge is 0.383 e. The van der Waals surface area contributed by atoms with Gasteiger partial charge in [-0.15, -0.1) is 0 Å². The minimum atomic E-state index is -0.570. The van der Waals surface area contributed by atoms with Crippen molar-refractivity contribution in [2.24, 2.45) is 0 Å². The van der Waals surface area contributed by atoms with Gasteiger partial charge in [0.25, 0.3) is 11.4 Å². The molecule has 64 heavy (non-hydrogen) atoms. The maximum absolute atomic E-state index is 12.3. The molecule has 0 aliphatic heterocycles. The highest BCUT2D eigenvalue weighted by atomic mass is 16.6. The molecule has 0 saturated carbocycles. The van der Waals surface area contributed by atoms with E-state index in [4.69, 9.17) is 0 Å². The molecule has 358 valence electrons. The molecule has 0 unspecified atom stereocenters. The van der Waals surface area contributed by atoms with Crippen LogP contribution in [0.3, 0.4) is 0 Å². The topological polar surface area (TPSA) is 134 Å². The minimum absolute atomic E-state index is 0.174. The summed E-state index contributed by atoms with van der Waals surface area (Å²) in [5.41, 5.74) is 2.62. The van der Waals surface area contributed by atoms with Gasteiger partial charge in [0.05, 0.1) is 38.7 Å². The molecule has 0 radical (unpaired) electrons. The third-order valence-corrected chi connectivity index (χ3v) is 12.6. The third kappa shape index (κ3) is 24.1. The first-order valence-electron chi connectivity index (χ1n) is 26.1. The fourth-order valence-corrected chi connectivity index (χ4v) is 8.65. The van der Waals surface area contributed by atoms with Gasteiger partial charge < -0.3 is 21.3 Å². The van der Waals surface area contributed by atoms with Crippen molar-refractivity contribution in [1.82, 2.24) is 0 Å². The number of nitro benzene ring substituents is 2. The molecule has 0 bridgehead atoms. The monoisotopic (exact) mass is 885 g/mol. The second-order valence-electron chi connectivity index (χ2n) is 18.2. The minimum Gasteiger partial charge on any atom is -0.383 e. The number of hydrogen-bond acceptors (Lipinski definition) is 8. The van der Waals surface area contributed by atoms with E-state index < -0.39 is 9.85 Å². The fraction of sp³-hybridized carbons (Fsp3) is 0.667. The predicted molar refractivity (Wildman–Crippen MR) is 275 cm³/mol. The number of para-hydroxylation sites is 4. The summed E-state index contributed by atoms with van der Waals surface area (Å²) in [6.07, 6.45) is 42.3. The van der Waals surface area contributed by atoms with E-state index in [0.717, 1.165) is 56.2 Å². The molecule has 4 N–H and O–H groups in total. The third-order valence-electron chi connectivity index (χ3n) is 12.6. The molecule has 0 saturated heterocycles. The van der Waals surface area contributed by atoms with E-state index in [1.165, 1.54) is 186 Å². The van der Waals surface area contributed by atoms with E-state index in [9.17, 15) is 20.2 Å². The standard InChI is InChI=1S/C54H88N6O4/c1-3-5-7-9-11-13-15-17-19-21-23-25-27-29-31-37-43-55-47-39-33-35-41-49(47)57-51-45-52(54(60(63)64)46-53(51)59(61)62)58-50-42-36-34-40-48(50)56-44-38-32-30-28-26-24-22-20-18-16-14-12-10-8-6-4-2/h33-36,39-42,45-46,55-58H,3-32,37-38,43-44H2,1-2H3. The van der Waals surface area contributed by atoms with Gasteiger partial charge in [0, 0.05) is 13.1 Å². The van der Waals surface area contributed by atoms with Crippen LogP contribution in [0.5, 0.6) is 0 Å². The van der Waals surface area contributed by atoms with E-state index in [0.29, 0.717) is 11.4 Å². The predicted octanol–water partition coefficient (Wildman–Crippen LogP) is 18.3. The van der Waals surface area contributed by atoms with Crippen molar-refractivity contribution < 1.29 is 9.85 Å². The first kappa shape index (κ1) is 54.0. The second kappa shape index (κ2) is 35.9. The summed E-state index contributed by atoms with van der Waals surface area (Å²) in [4.78, 5) is 23.4. The molecule has 3 rings (SSSR count). The van der Waals surface area contributed by atoms with Crippen LogP contribution in [0.1, 0.15) is 219 Å². The van der Waals surface area contributed by atoms with Crippen molar-refractivity contribution in [2.45, 2.75) is 219 Å². The molecular formula is C54H88N6O4. The molecular weight excluding hydrogens is 797 g/mol. The zero-order chi connectivity index (χ0) is 45.7. The van der Waals surface area contributed by atoms with Gasteiger partial charge in [-0.05, 0) is 43.2 Å². The van der Waals surface area contributed by atoms with Crippen LogP contribution < -0.4 is 21.3 Å². The van der Waals surface area contributed by atoms with Crippen LogP contribution in [0.15, 0.2) is 60.7 Å². The van der Waals surface area contributed by atoms with E-state index in [1.807, 2.05) is 48.5 Å². The Balaban J connectivity index is 1.42. The highest BCUT2D eigenvalue weighted by molar-refractivity contribution is 5.86. The lowest BCUT2D eigenvalue weighted by atomic mass is 10.0. The average molecular weight is 885 g/mol. The number of nitrogens with zero attached hydrogens (tertiary/aromatic N) is 2. The molecule has 3 aromatic rings. The number of benzene rings is 3. The molecule has 0 aliphatic carbocycles. The molecule has 0 fully saturated rings. The maximum atomic E-state index is 12.3. The number of hydrogen-bond donors (Lipinski definition) is 4. The summed E-state index contributed by atoms with van der Waals surface area (Å²) in [5.74, 6) is 0. The highest BCUT2D eigenvalue weighted by Crippen LogP contribution is 2.41. The van der Waals surface area contributed by atoms with E-state index in [1.54, 1.807) is 0 Å². The molecule has 10 heteroatoms. The second-order valence-corrected chi connectivity index (χ2v) is 18.2. The lowest BCUT2D eigenvalue weighted by molar-refractivity contribution is -0.393. The molecule has 10 nitrogen and oxygen atoms in total. The summed E-state index contributed by atoms with van der Waals surface area (Å²) in [5, 5.41) is 38.1. The highest BCUT2D eigenvalue weighted by Gasteiger charge is 2.26. The van der Waals surface area contributed by atoms with Gasteiger partial charge in [-0.1, -0.05) is 231 Å². The summed E-state index contributed by atoms with van der Waals surface area (Å²) in [7, 11) is 0. The first-order valence-corrected chi connectivity index (χ1v) is 26.1. The normalized spacial score (nSPS) is 11.2. The average Bonchev–Trinajstić information content (AvgIpc) is 3.29. The number of unbranched alkanes of at least 4 members (excludes halogenated alkanes) is 30. The van der Waals surface area contributed by atoms with Gasteiger partial charge in [0.1, 0.15) is 11.4 Å². The Labute approximate surface area is 388 Å². The van der Waals surface area contributed by atoms with E-state index >= 15 is 0 Å². The summed E-state index contributed by atoms with van der Waals surface area (Å²) in [6, 6.07) is 17.8. The zero-order valence-electron chi connectivity index (χ0n) is 40.3. The number of anilines is 6. The number of nitro groups is 2. The van der Waals surface area contributed by atoms with Gasteiger partial charge in [-0.3, -0.25) is 20.2 Å². The van der Waals surface area contributed by atoms with Crippen molar-refractivity contribution in [3.63, 3.8) is 0 Å². The Morgan fingerprint density at radius 3 is 0.859 bits per heavy atom. The Kier molecular flexibility index (Phi) is 30.3. The Bertz CT molecular complexity index is 1550. The zero-order valence-corrected chi connectivity index (χ0v) is 40.3. The van der Waals surface area contributed by atoms with Crippen LogP contribution in [0.25, 0.3) is 0 Å². The lowest BCUT2D eigenvalue weighted by Crippen LogP contribution is -2.07. The van der Waals surface area contributed by atoms with Gasteiger partial charge in [-0.25, -0.2) is 0 Å². The molecule has 0 atom stereocenters. The van der Waals surface area contributed by atoms with Crippen LogP contribution >= 0.6 is 0 Å². The Hall–Kier alpha value is -4.34. The fourth-order valence-electron chi connectivity index (χ4n) is 8.65. The van der Waals surface area contributed by atoms with Crippen molar-refractivity contribution in [3.05, 3.63) is 80.9 Å². The number of nitrogens with one attached hydrogen (secondary N) is 4. The smallest absolute Gasteiger partial charge is 0.299 e. The SMILES string of the molecule is CCCCCCCCCCCCCCCCCCNc1ccccc1Nc1cc(Nc2ccccc2NCCCCCCCCCCCCCCCCCC)c([N+](=O)[O-])cc1[N+](=O)[O-]. The van der Waals surface area contributed by atoms with Gasteiger partial charge >= 0.3 is 0 Å². The quantitative estimate of drug-likeness (QED) is 0.0251. The van der Waals surface area contributed by atoms with Crippen LogP contribution in [-0.2, 0) is 0 Å². The van der Waals surface area contributed by atoms with Crippen molar-refractivity contribution in [3.8, 4) is 0 Å². The molecule has 0 heterocycles. The van der Waals surface area contributed by atoms with E-state index in [-0.39, 0.29) is 22.7 Å². The van der Waals surface area contributed by atoms with Gasteiger partial charge in [0.15, 0.2) is 0 Å². The van der Waals surface area contributed by atoms with Crippen LogP contribution in [-0.4, -0.2) is 22.9 Å². The van der Waals surface area contributed by atoms with Crippen LogP contribution in [0.2, 0.25) is 0 Å². The molecule has 0 amide bonds. The van der Waals surface area contributed by atoms with Crippen LogP contribution in [0, 0.1) is 20.2 Å². The van der Waals surface area contributed by atoms with Crippen molar-refractivity contribution >= 4 is 45.5 Å². The Morgan fingerprint density at radius 2 is 0.594 bits per heavy atom. The summed E-state index contributed by atoms with van der Waals surface area (Å²) >= 11 is 0. The molecule has 0 aromatic heterocycles. The Morgan fingerprint density at radius 1 is 0.344 bits per heavy atom. The molecule has 0 spiro atoms. The molecule has 0 aliphatic rings. The van der Waals surface area contributed by atoms with Gasteiger partial charge in [-0.2, -0.15) is 0 Å². The first-order chi connectivity index (χ1) is 31.4. The summed E-state index contributed by atoms with van der Waals surface area (Å²) in [6.45, 7) is 6.12. The lowest BCUT2D eigenvalue weighted by Gasteiger charge is -2.17. The van der Waals surface area contributed by atoms with Crippen molar-refractivity contribution in [2.75, 3.05) is 34.4 Å². The maximum Gasteiger partial charge on any atom is 0.299 e. The molecule has 3 aromatic carbocycles. The van der Waals surface area contributed by atoms with Gasteiger partial charge in [0.2, 0.25) is 0 Å². The van der Waals surface area contributed by atoms with E-state index in [2.05, 4.69) is 35.1 Å². The van der Waals surface area contributed by atoms with Crippen LogP contribution in [0.4, 0.5) is 45.5 Å².